The summed E-state index contributed by atoms with van der Waals surface area (Å²) in [6, 6.07) is 12.5. The van der Waals surface area contributed by atoms with Gasteiger partial charge in [0.25, 0.3) is 0 Å². The Morgan fingerprint density at radius 1 is 1.19 bits per heavy atom. The summed E-state index contributed by atoms with van der Waals surface area (Å²) >= 11 is 0. The van der Waals surface area contributed by atoms with Crippen molar-refractivity contribution in [3.8, 4) is 0 Å². The number of carbonyl (C=O) groups is 2. The van der Waals surface area contributed by atoms with Gasteiger partial charge in [-0.1, -0.05) is 44.5 Å². The van der Waals surface area contributed by atoms with Gasteiger partial charge in [-0.15, -0.1) is 0 Å². The van der Waals surface area contributed by atoms with Gasteiger partial charge in [0.1, 0.15) is 6.04 Å². The van der Waals surface area contributed by atoms with Crippen LogP contribution in [-0.4, -0.2) is 34.6 Å². The molecule has 2 atom stereocenters. The standard InChI is InChI=1S/C20H25N3O3/c1-3-15(2)19(20(25)26)22-18(24)14-23(17-9-5-4-6-10-17)13-16-8-7-11-21-12-16/h4-12,15,19H,3,13-14H2,1-2H3,(H,22,24)(H,25,26)/t15-,19-/m0/s1. The lowest BCUT2D eigenvalue weighted by Gasteiger charge is -2.26. The minimum absolute atomic E-state index is 0.0686. The van der Waals surface area contributed by atoms with E-state index in [-0.39, 0.29) is 18.4 Å². The van der Waals surface area contributed by atoms with Gasteiger partial charge in [-0.2, -0.15) is 0 Å². The molecule has 1 aromatic heterocycles. The highest BCUT2D eigenvalue weighted by atomic mass is 16.4. The molecule has 2 rings (SSSR count). The summed E-state index contributed by atoms with van der Waals surface area (Å²) in [5, 5.41) is 12.0. The topological polar surface area (TPSA) is 82.5 Å². The largest absolute Gasteiger partial charge is 0.480 e. The minimum Gasteiger partial charge on any atom is -0.480 e. The molecule has 0 saturated carbocycles. The second-order valence-corrected chi connectivity index (χ2v) is 6.32. The van der Waals surface area contributed by atoms with E-state index in [9.17, 15) is 14.7 Å². The summed E-state index contributed by atoms with van der Waals surface area (Å²) in [6.07, 6.45) is 4.13. The van der Waals surface area contributed by atoms with Crippen molar-refractivity contribution >= 4 is 17.6 Å². The normalized spacial score (nSPS) is 12.8. The monoisotopic (exact) mass is 355 g/mol. The van der Waals surface area contributed by atoms with E-state index < -0.39 is 12.0 Å². The molecule has 1 amide bonds. The lowest BCUT2D eigenvalue weighted by Crippen LogP contribution is -2.48. The molecule has 0 aliphatic heterocycles. The maximum Gasteiger partial charge on any atom is 0.326 e. The number of anilines is 1. The van der Waals surface area contributed by atoms with Gasteiger partial charge in [0.05, 0.1) is 6.54 Å². The van der Waals surface area contributed by atoms with Crippen LogP contribution in [0.1, 0.15) is 25.8 Å². The van der Waals surface area contributed by atoms with E-state index in [1.165, 1.54) is 0 Å². The molecule has 138 valence electrons. The molecule has 0 unspecified atom stereocenters. The first kappa shape index (κ1) is 19.4. The molecule has 26 heavy (non-hydrogen) atoms. The van der Waals surface area contributed by atoms with Crippen molar-refractivity contribution in [2.75, 3.05) is 11.4 Å². The average molecular weight is 355 g/mol. The van der Waals surface area contributed by atoms with E-state index >= 15 is 0 Å². The highest BCUT2D eigenvalue weighted by Crippen LogP contribution is 2.16. The Bertz CT molecular complexity index is 707. The number of hydrogen-bond donors (Lipinski definition) is 2. The molecule has 0 aliphatic rings. The number of carbonyl (C=O) groups excluding carboxylic acids is 1. The Kier molecular flexibility index (Phi) is 7.14. The fraction of sp³-hybridized carbons (Fsp3) is 0.350. The lowest BCUT2D eigenvalue weighted by atomic mass is 9.99. The average Bonchev–Trinajstić information content (AvgIpc) is 2.66. The molecule has 2 aromatic rings. The lowest BCUT2D eigenvalue weighted by molar-refractivity contribution is -0.143. The molecule has 6 nitrogen and oxygen atoms in total. The van der Waals surface area contributed by atoms with Crippen molar-refractivity contribution in [2.45, 2.75) is 32.9 Å². The van der Waals surface area contributed by atoms with E-state index in [1.54, 1.807) is 12.4 Å². The summed E-state index contributed by atoms with van der Waals surface area (Å²) in [5.41, 5.74) is 1.86. The van der Waals surface area contributed by atoms with Crippen LogP contribution >= 0.6 is 0 Å². The molecule has 0 radical (unpaired) electrons. The number of amides is 1. The fourth-order valence-corrected chi connectivity index (χ4v) is 2.66. The van der Waals surface area contributed by atoms with Crippen molar-refractivity contribution in [2.24, 2.45) is 5.92 Å². The Morgan fingerprint density at radius 2 is 1.92 bits per heavy atom. The number of carboxylic acids is 1. The van der Waals surface area contributed by atoms with Crippen LogP contribution in [0.25, 0.3) is 0 Å². The van der Waals surface area contributed by atoms with Gasteiger partial charge in [-0.05, 0) is 29.7 Å². The van der Waals surface area contributed by atoms with Crippen LogP contribution in [0.5, 0.6) is 0 Å². The number of aromatic nitrogens is 1. The SMILES string of the molecule is CC[C@H](C)[C@H](NC(=O)CN(Cc1cccnc1)c1ccccc1)C(=O)O. The summed E-state index contributed by atoms with van der Waals surface area (Å²) in [7, 11) is 0. The smallest absolute Gasteiger partial charge is 0.326 e. The molecule has 2 N–H and O–H groups in total. The van der Waals surface area contributed by atoms with Crippen molar-refractivity contribution in [3.05, 3.63) is 60.4 Å². The van der Waals surface area contributed by atoms with Gasteiger partial charge in [0.2, 0.25) is 5.91 Å². The van der Waals surface area contributed by atoms with Crippen LogP contribution in [0.15, 0.2) is 54.9 Å². The van der Waals surface area contributed by atoms with Crippen LogP contribution in [0.3, 0.4) is 0 Å². The number of para-hydroxylation sites is 1. The van der Waals surface area contributed by atoms with Crippen LogP contribution in [-0.2, 0) is 16.1 Å². The molecule has 0 fully saturated rings. The number of nitrogens with one attached hydrogen (secondary N) is 1. The Balaban J connectivity index is 2.13. The summed E-state index contributed by atoms with van der Waals surface area (Å²) in [5.74, 6) is -1.46. The van der Waals surface area contributed by atoms with E-state index in [4.69, 9.17) is 0 Å². The number of hydrogen-bond acceptors (Lipinski definition) is 4. The zero-order valence-electron chi connectivity index (χ0n) is 15.1. The van der Waals surface area contributed by atoms with E-state index in [0.29, 0.717) is 13.0 Å². The highest BCUT2D eigenvalue weighted by Gasteiger charge is 2.26. The number of carboxylic acid groups (broad SMARTS) is 1. The minimum atomic E-state index is -1.01. The van der Waals surface area contributed by atoms with Gasteiger partial charge >= 0.3 is 5.97 Å². The zero-order valence-corrected chi connectivity index (χ0v) is 15.1. The van der Waals surface area contributed by atoms with Crippen molar-refractivity contribution in [1.29, 1.82) is 0 Å². The number of aliphatic carboxylic acids is 1. The van der Waals surface area contributed by atoms with Crippen LogP contribution in [0.2, 0.25) is 0 Å². The second-order valence-electron chi connectivity index (χ2n) is 6.32. The second kappa shape index (κ2) is 9.56. The third-order valence-electron chi connectivity index (χ3n) is 4.35. The number of rotatable bonds is 9. The molecule has 0 spiro atoms. The molecule has 0 aliphatic carbocycles. The molecule has 0 bridgehead atoms. The van der Waals surface area contributed by atoms with Gasteiger partial charge in [-0.25, -0.2) is 4.79 Å². The third-order valence-corrected chi connectivity index (χ3v) is 4.35. The van der Waals surface area contributed by atoms with Gasteiger partial charge < -0.3 is 15.3 Å². The molecule has 1 heterocycles. The Labute approximate surface area is 153 Å². The highest BCUT2D eigenvalue weighted by molar-refractivity contribution is 5.86. The first-order valence-corrected chi connectivity index (χ1v) is 8.72. The number of pyridine rings is 1. The third kappa shape index (κ3) is 5.58. The van der Waals surface area contributed by atoms with Crippen LogP contribution in [0, 0.1) is 5.92 Å². The zero-order chi connectivity index (χ0) is 18.9. The first-order chi connectivity index (χ1) is 12.5. The number of nitrogens with zero attached hydrogens (tertiary/aromatic N) is 2. The maximum absolute atomic E-state index is 12.5. The predicted octanol–water partition coefficient (Wildman–Crippen LogP) is 2.70. The van der Waals surface area contributed by atoms with Gasteiger partial charge in [-0.3, -0.25) is 9.78 Å². The van der Waals surface area contributed by atoms with Crippen molar-refractivity contribution < 1.29 is 14.7 Å². The molecule has 1 aromatic carbocycles. The predicted molar refractivity (Wildman–Crippen MR) is 101 cm³/mol. The Hall–Kier alpha value is -2.89. The summed E-state index contributed by atoms with van der Waals surface area (Å²) in [6.45, 7) is 4.31. The fourth-order valence-electron chi connectivity index (χ4n) is 2.66. The molecule has 0 saturated heterocycles. The van der Waals surface area contributed by atoms with E-state index in [0.717, 1.165) is 11.3 Å². The van der Waals surface area contributed by atoms with Crippen LogP contribution < -0.4 is 10.2 Å². The van der Waals surface area contributed by atoms with Crippen LogP contribution in [0.4, 0.5) is 5.69 Å². The van der Waals surface area contributed by atoms with Crippen molar-refractivity contribution in [1.82, 2.24) is 10.3 Å². The van der Waals surface area contributed by atoms with E-state index in [2.05, 4.69) is 10.3 Å². The molecular weight excluding hydrogens is 330 g/mol. The Morgan fingerprint density at radius 3 is 2.50 bits per heavy atom. The quantitative estimate of drug-likeness (QED) is 0.723. The summed E-state index contributed by atoms with van der Waals surface area (Å²) in [4.78, 5) is 30.0. The van der Waals surface area contributed by atoms with Gasteiger partial charge in [0.15, 0.2) is 0 Å². The number of benzene rings is 1. The molecular formula is C20H25N3O3. The van der Waals surface area contributed by atoms with Gasteiger partial charge in [0, 0.05) is 24.6 Å². The first-order valence-electron chi connectivity index (χ1n) is 8.72. The van der Waals surface area contributed by atoms with E-state index in [1.807, 2.05) is 61.2 Å². The molecule has 6 heteroatoms. The van der Waals surface area contributed by atoms with Crippen molar-refractivity contribution in [3.63, 3.8) is 0 Å². The summed E-state index contributed by atoms with van der Waals surface area (Å²) < 4.78 is 0. The maximum atomic E-state index is 12.5.